The summed E-state index contributed by atoms with van der Waals surface area (Å²) in [5.74, 6) is 0.00387. The molecule has 3 N–H and O–H groups in total. The van der Waals surface area contributed by atoms with E-state index in [1.165, 1.54) is 0 Å². The van der Waals surface area contributed by atoms with Gasteiger partial charge in [-0.3, -0.25) is 9.78 Å². The van der Waals surface area contributed by atoms with Gasteiger partial charge in [0, 0.05) is 35.4 Å². The predicted octanol–water partition coefficient (Wildman–Crippen LogP) is 2.23. The molecule has 0 saturated heterocycles. The lowest BCUT2D eigenvalue weighted by Gasteiger charge is -2.26. The highest BCUT2D eigenvalue weighted by molar-refractivity contribution is 5.98. The van der Waals surface area contributed by atoms with Gasteiger partial charge in [-0.05, 0) is 49.3 Å². The standard InChI is InChI=1S/C16H19N3O/c17-14-3-5-15(6-4-14)19-16(20)12-1-2-13-10-18-8-7-11(13)9-12/h1-2,7-10,14-15H,3-6,17H2,(H,19,20). The number of fused-ring (bicyclic) bond motifs is 1. The molecule has 1 aliphatic rings. The first-order chi connectivity index (χ1) is 9.72. The Bertz CT molecular complexity index is 618. The van der Waals surface area contributed by atoms with Crippen molar-refractivity contribution in [2.45, 2.75) is 37.8 Å². The third kappa shape index (κ3) is 2.80. The Kier molecular flexibility index (Phi) is 3.65. The van der Waals surface area contributed by atoms with Gasteiger partial charge in [0.1, 0.15) is 0 Å². The van der Waals surface area contributed by atoms with Crippen LogP contribution in [-0.4, -0.2) is 23.0 Å². The summed E-state index contributed by atoms with van der Waals surface area (Å²) >= 11 is 0. The van der Waals surface area contributed by atoms with E-state index < -0.39 is 0 Å². The van der Waals surface area contributed by atoms with Gasteiger partial charge in [-0.25, -0.2) is 0 Å². The molecule has 20 heavy (non-hydrogen) atoms. The Balaban J connectivity index is 1.72. The summed E-state index contributed by atoms with van der Waals surface area (Å²) in [4.78, 5) is 16.4. The van der Waals surface area contributed by atoms with Crippen LogP contribution in [-0.2, 0) is 0 Å². The lowest BCUT2D eigenvalue weighted by molar-refractivity contribution is 0.0926. The third-order valence-electron chi connectivity index (χ3n) is 4.01. The van der Waals surface area contributed by atoms with Crippen molar-refractivity contribution in [1.82, 2.24) is 10.3 Å². The van der Waals surface area contributed by atoms with Crippen LogP contribution in [0.3, 0.4) is 0 Å². The molecule has 0 radical (unpaired) electrons. The van der Waals surface area contributed by atoms with Gasteiger partial charge in [-0.15, -0.1) is 0 Å². The van der Waals surface area contributed by atoms with Crippen LogP contribution in [0, 0.1) is 0 Å². The average molecular weight is 269 g/mol. The molecule has 0 spiro atoms. The van der Waals surface area contributed by atoms with Crippen LogP contribution in [0.25, 0.3) is 10.8 Å². The van der Waals surface area contributed by atoms with E-state index in [1.54, 1.807) is 12.4 Å². The van der Waals surface area contributed by atoms with Crippen LogP contribution in [0.4, 0.5) is 0 Å². The molecular weight excluding hydrogens is 250 g/mol. The number of nitrogens with one attached hydrogen (secondary N) is 1. The SMILES string of the molecule is NC1CCC(NC(=O)c2ccc3cnccc3c2)CC1. The minimum Gasteiger partial charge on any atom is -0.349 e. The fourth-order valence-electron chi connectivity index (χ4n) is 2.76. The molecule has 1 saturated carbocycles. The zero-order valence-corrected chi connectivity index (χ0v) is 11.4. The zero-order valence-electron chi connectivity index (χ0n) is 11.4. The van der Waals surface area contributed by atoms with Gasteiger partial charge in [0.2, 0.25) is 0 Å². The average Bonchev–Trinajstić information content (AvgIpc) is 2.49. The van der Waals surface area contributed by atoms with E-state index in [0.29, 0.717) is 11.6 Å². The number of pyridine rings is 1. The van der Waals surface area contributed by atoms with E-state index in [2.05, 4.69) is 10.3 Å². The minimum absolute atomic E-state index is 0.00387. The van der Waals surface area contributed by atoms with E-state index in [9.17, 15) is 4.79 Å². The van der Waals surface area contributed by atoms with Crippen LogP contribution < -0.4 is 11.1 Å². The summed E-state index contributed by atoms with van der Waals surface area (Å²) in [5, 5.41) is 5.20. The highest BCUT2D eigenvalue weighted by atomic mass is 16.1. The topological polar surface area (TPSA) is 68.0 Å². The molecule has 0 aliphatic heterocycles. The molecule has 0 unspecified atom stereocenters. The minimum atomic E-state index is 0.00387. The zero-order chi connectivity index (χ0) is 13.9. The highest BCUT2D eigenvalue weighted by Gasteiger charge is 2.20. The normalized spacial score (nSPS) is 22.6. The highest BCUT2D eigenvalue weighted by Crippen LogP contribution is 2.18. The maximum Gasteiger partial charge on any atom is 0.251 e. The van der Waals surface area contributed by atoms with Crippen molar-refractivity contribution < 1.29 is 4.79 Å². The van der Waals surface area contributed by atoms with Crippen molar-refractivity contribution in [3.8, 4) is 0 Å². The lowest BCUT2D eigenvalue weighted by atomic mass is 9.91. The van der Waals surface area contributed by atoms with Crippen molar-refractivity contribution in [3.63, 3.8) is 0 Å². The molecule has 1 aromatic heterocycles. The van der Waals surface area contributed by atoms with Gasteiger partial charge in [0.25, 0.3) is 5.91 Å². The summed E-state index contributed by atoms with van der Waals surface area (Å²) in [6, 6.07) is 8.20. The lowest BCUT2D eigenvalue weighted by Crippen LogP contribution is -2.40. The molecule has 104 valence electrons. The van der Waals surface area contributed by atoms with E-state index in [0.717, 1.165) is 36.5 Å². The van der Waals surface area contributed by atoms with E-state index in [4.69, 9.17) is 5.73 Å². The van der Waals surface area contributed by atoms with Crippen LogP contribution in [0.5, 0.6) is 0 Å². The molecule has 0 bridgehead atoms. The van der Waals surface area contributed by atoms with E-state index in [1.807, 2.05) is 24.3 Å². The number of carbonyl (C=O) groups excluding carboxylic acids is 1. The number of amides is 1. The fourth-order valence-corrected chi connectivity index (χ4v) is 2.76. The summed E-state index contributed by atoms with van der Waals surface area (Å²) in [6.45, 7) is 0. The molecule has 0 atom stereocenters. The molecule has 1 fully saturated rings. The Morgan fingerprint density at radius 1 is 1.15 bits per heavy atom. The van der Waals surface area contributed by atoms with Crippen molar-refractivity contribution in [2.24, 2.45) is 5.73 Å². The van der Waals surface area contributed by atoms with Crippen molar-refractivity contribution in [3.05, 3.63) is 42.2 Å². The molecule has 4 heteroatoms. The molecule has 1 heterocycles. The Morgan fingerprint density at radius 2 is 1.95 bits per heavy atom. The van der Waals surface area contributed by atoms with Gasteiger partial charge in [0.15, 0.2) is 0 Å². The first kappa shape index (κ1) is 13.1. The molecule has 2 aromatic rings. The number of nitrogens with two attached hydrogens (primary N) is 1. The van der Waals surface area contributed by atoms with Crippen LogP contribution in [0.1, 0.15) is 36.0 Å². The second-order valence-electron chi connectivity index (χ2n) is 5.52. The Hall–Kier alpha value is -1.94. The fraction of sp³-hybridized carbons (Fsp3) is 0.375. The molecular formula is C16H19N3O. The first-order valence-electron chi connectivity index (χ1n) is 7.12. The second-order valence-corrected chi connectivity index (χ2v) is 5.52. The molecule has 1 aromatic carbocycles. The number of carbonyl (C=O) groups is 1. The van der Waals surface area contributed by atoms with Gasteiger partial charge in [-0.1, -0.05) is 6.07 Å². The van der Waals surface area contributed by atoms with Crippen LogP contribution in [0.2, 0.25) is 0 Å². The number of benzene rings is 1. The summed E-state index contributed by atoms with van der Waals surface area (Å²) < 4.78 is 0. The Labute approximate surface area is 118 Å². The number of rotatable bonds is 2. The molecule has 1 aliphatic carbocycles. The van der Waals surface area contributed by atoms with Crippen LogP contribution in [0.15, 0.2) is 36.7 Å². The second kappa shape index (κ2) is 5.59. The summed E-state index contributed by atoms with van der Waals surface area (Å²) in [6.07, 6.45) is 7.49. The number of hydrogen-bond donors (Lipinski definition) is 2. The summed E-state index contributed by atoms with van der Waals surface area (Å²) in [5.41, 5.74) is 6.59. The quantitative estimate of drug-likeness (QED) is 0.878. The maximum atomic E-state index is 12.3. The van der Waals surface area contributed by atoms with Crippen molar-refractivity contribution in [2.75, 3.05) is 0 Å². The molecule has 1 amide bonds. The van der Waals surface area contributed by atoms with Crippen molar-refractivity contribution in [1.29, 1.82) is 0 Å². The van der Waals surface area contributed by atoms with E-state index in [-0.39, 0.29) is 11.9 Å². The van der Waals surface area contributed by atoms with Gasteiger partial charge in [0.05, 0.1) is 0 Å². The maximum absolute atomic E-state index is 12.3. The molecule has 3 rings (SSSR count). The number of nitrogens with zero attached hydrogens (tertiary/aromatic N) is 1. The smallest absolute Gasteiger partial charge is 0.251 e. The number of aromatic nitrogens is 1. The van der Waals surface area contributed by atoms with Crippen LogP contribution >= 0.6 is 0 Å². The third-order valence-corrected chi connectivity index (χ3v) is 4.01. The van der Waals surface area contributed by atoms with Gasteiger partial charge >= 0.3 is 0 Å². The first-order valence-corrected chi connectivity index (χ1v) is 7.12. The largest absolute Gasteiger partial charge is 0.349 e. The van der Waals surface area contributed by atoms with Gasteiger partial charge < -0.3 is 11.1 Å². The van der Waals surface area contributed by atoms with E-state index >= 15 is 0 Å². The van der Waals surface area contributed by atoms with Crippen molar-refractivity contribution >= 4 is 16.7 Å². The monoisotopic (exact) mass is 269 g/mol. The Morgan fingerprint density at radius 3 is 2.75 bits per heavy atom. The predicted molar refractivity (Wildman–Crippen MR) is 79.4 cm³/mol. The van der Waals surface area contributed by atoms with Gasteiger partial charge in [-0.2, -0.15) is 0 Å². The number of hydrogen-bond acceptors (Lipinski definition) is 3. The molecule has 4 nitrogen and oxygen atoms in total. The summed E-state index contributed by atoms with van der Waals surface area (Å²) in [7, 11) is 0.